The predicted molar refractivity (Wildman–Crippen MR) is 113 cm³/mol. The van der Waals surface area contributed by atoms with Crippen LogP contribution in [-0.4, -0.2) is 89.5 Å². The van der Waals surface area contributed by atoms with Gasteiger partial charge in [0.05, 0.1) is 5.41 Å². The van der Waals surface area contributed by atoms with Crippen LogP contribution in [0.15, 0.2) is 0 Å². The molecule has 1 heterocycles. The van der Waals surface area contributed by atoms with E-state index in [9.17, 15) is 4.79 Å². The Kier molecular flexibility index (Phi) is 12.0. The van der Waals surface area contributed by atoms with Gasteiger partial charge < -0.3 is 28.4 Å². The Hall–Kier alpha value is -2.28. The summed E-state index contributed by atoms with van der Waals surface area (Å²) in [7, 11) is 6.21. The molecule has 1 aromatic rings. The van der Waals surface area contributed by atoms with Gasteiger partial charge in [0.15, 0.2) is 0 Å². The van der Waals surface area contributed by atoms with Crippen molar-refractivity contribution in [2.24, 2.45) is 5.41 Å². The highest BCUT2D eigenvalue weighted by molar-refractivity contribution is 5.75. The van der Waals surface area contributed by atoms with Crippen LogP contribution >= 0.6 is 0 Å². The number of carbonyl (C=O) groups is 1. The molecule has 0 radical (unpaired) electrons. The largest absolute Gasteiger partial charge is 0.462 e. The Morgan fingerprint density at radius 3 is 1.65 bits per heavy atom. The van der Waals surface area contributed by atoms with Gasteiger partial charge in [-0.2, -0.15) is 15.0 Å². The number of rotatable bonds is 16. The summed E-state index contributed by atoms with van der Waals surface area (Å²) in [4.78, 5) is 28.5. The smallest absolute Gasteiger partial charge is 0.323 e. The van der Waals surface area contributed by atoms with E-state index in [0.717, 1.165) is 0 Å². The van der Waals surface area contributed by atoms with Gasteiger partial charge in [-0.15, -0.1) is 0 Å². The highest BCUT2D eigenvalue weighted by Crippen LogP contribution is 2.21. The third-order valence-electron chi connectivity index (χ3n) is 4.28. The summed E-state index contributed by atoms with van der Waals surface area (Å²) in [6, 6.07) is 0.0558. The van der Waals surface area contributed by atoms with Crippen LogP contribution in [0.2, 0.25) is 0 Å². The average molecular weight is 446 g/mol. The molecule has 0 aliphatic rings. The van der Waals surface area contributed by atoms with Crippen LogP contribution < -0.4 is 14.5 Å². The minimum Gasteiger partial charge on any atom is -0.462 e. The minimum atomic E-state index is -0.547. The number of nitrogens with zero attached hydrogens (tertiary/aromatic N) is 5. The fourth-order valence-corrected chi connectivity index (χ4v) is 2.22. The lowest BCUT2D eigenvalue weighted by molar-refractivity contribution is -0.154. The summed E-state index contributed by atoms with van der Waals surface area (Å²) in [5, 5.41) is 0. The summed E-state index contributed by atoms with van der Waals surface area (Å²) in [5.41, 5.74) is -0.547. The zero-order valence-corrected chi connectivity index (χ0v) is 19.5. The Balaban J connectivity index is 3.01. The van der Waals surface area contributed by atoms with E-state index in [4.69, 9.17) is 28.4 Å². The molecule has 0 spiro atoms. The van der Waals surface area contributed by atoms with Crippen LogP contribution in [0.3, 0.4) is 0 Å². The van der Waals surface area contributed by atoms with Gasteiger partial charge in [0.25, 0.3) is 0 Å². The van der Waals surface area contributed by atoms with Gasteiger partial charge in [-0.1, -0.05) is 6.92 Å². The normalized spacial score (nSPS) is 11.3. The molecule has 31 heavy (non-hydrogen) atoms. The third-order valence-corrected chi connectivity index (χ3v) is 4.28. The van der Waals surface area contributed by atoms with Crippen LogP contribution in [0.25, 0.3) is 0 Å². The van der Waals surface area contributed by atoms with Crippen molar-refractivity contribution >= 4 is 17.9 Å². The summed E-state index contributed by atoms with van der Waals surface area (Å²) >= 11 is 0. The molecule has 0 aromatic carbocycles. The average Bonchev–Trinajstić information content (AvgIpc) is 2.76. The van der Waals surface area contributed by atoms with Gasteiger partial charge in [0.1, 0.15) is 40.1 Å². The van der Waals surface area contributed by atoms with Crippen LogP contribution in [0, 0.1) is 5.41 Å². The van der Waals surface area contributed by atoms with E-state index in [-0.39, 0.29) is 64.0 Å². The maximum atomic E-state index is 12.1. The van der Waals surface area contributed by atoms with Crippen LogP contribution in [0.4, 0.5) is 11.9 Å². The van der Waals surface area contributed by atoms with Crippen LogP contribution in [0.1, 0.15) is 27.2 Å². The number of carbonyl (C=O) groups excluding carboxylic acids is 1. The van der Waals surface area contributed by atoms with Crippen LogP contribution in [0.5, 0.6) is 6.01 Å². The molecule has 0 saturated carbocycles. The monoisotopic (exact) mass is 445 g/mol. The first-order valence-corrected chi connectivity index (χ1v) is 9.84. The number of esters is 1. The zero-order valence-electron chi connectivity index (χ0n) is 19.5. The van der Waals surface area contributed by atoms with Gasteiger partial charge in [0.2, 0.25) is 11.9 Å². The molecule has 0 unspecified atom stereocenters. The lowest BCUT2D eigenvalue weighted by Crippen LogP contribution is -2.33. The lowest BCUT2D eigenvalue weighted by atomic mass is 9.91. The SMILES string of the molecule is CCC(C)(C)C(=O)OCCOc1nc(N(COC)COC)nc(N(COC)COC)n1. The summed E-state index contributed by atoms with van der Waals surface area (Å²) in [6.45, 7) is 6.51. The number of hydrogen-bond donors (Lipinski definition) is 0. The van der Waals surface area contributed by atoms with E-state index < -0.39 is 5.41 Å². The molecule has 12 heteroatoms. The fourth-order valence-electron chi connectivity index (χ4n) is 2.22. The molecule has 0 atom stereocenters. The topological polar surface area (TPSA) is 118 Å². The number of aromatic nitrogens is 3. The molecule has 1 aromatic heterocycles. The maximum Gasteiger partial charge on any atom is 0.323 e. The molecular weight excluding hydrogens is 410 g/mol. The van der Waals surface area contributed by atoms with Crippen molar-refractivity contribution in [2.75, 3.05) is 78.4 Å². The molecule has 0 bridgehead atoms. The quantitative estimate of drug-likeness (QED) is 0.207. The first kappa shape index (κ1) is 26.8. The highest BCUT2D eigenvalue weighted by Gasteiger charge is 2.27. The van der Waals surface area contributed by atoms with E-state index in [2.05, 4.69) is 15.0 Å². The van der Waals surface area contributed by atoms with E-state index >= 15 is 0 Å². The molecular formula is C19H35N5O7. The first-order chi connectivity index (χ1) is 14.8. The lowest BCUT2D eigenvalue weighted by Gasteiger charge is -2.24. The van der Waals surface area contributed by atoms with Crippen molar-refractivity contribution in [3.63, 3.8) is 0 Å². The van der Waals surface area contributed by atoms with Crippen molar-refractivity contribution in [3.8, 4) is 6.01 Å². The number of methoxy groups -OCH3 is 4. The van der Waals surface area contributed by atoms with Gasteiger partial charge in [-0.3, -0.25) is 14.6 Å². The Morgan fingerprint density at radius 2 is 1.26 bits per heavy atom. The molecule has 0 N–H and O–H groups in total. The third kappa shape index (κ3) is 8.77. The van der Waals surface area contributed by atoms with Gasteiger partial charge in [-0.25, -0.2) is 0 Å². The summed E-state index contributed by atoms with van der Waals surface area (Å²) < 4.78 is 31.7. The second-order valence-corrected chi connectivity index (χ2v) is 7.19. The van der Waals surface area contributed by atoms with Gasteiger partial charge >= 0.3 is 12.0 Å². The number of anilines is 2. The molecule has 178 valence electrons. The van der Waals surface area contributed by atoms with E-state index in [1.807, 2.05) is 20.8 Å². The molecule has 0 aliphatic heterocycles. The number of hydrogen-bond acceptors (Lipinski definition) is 12. The summed E-state index contributed by atoms with van der Waals surface area (Å²) in [5.74, 6) is 0.281. The number of ether oxygens (including phenoxy) is 6. The van der Waals surface area contributed by atoms with Crippen LogP contribution in [-0.2, 0) is 28.5 Å². The van der Waals surface area contributed by atoms with E-state index in [1.165, 1.54) is 0 Å². The maximum absolute atomic E-state index is 12.1. The van der Waals surface area contributed by atoms with E-state index in [1.54, 1.807) is 38.2 Å². The molecule has 1 rings (SSSR count). The van der Waals surface area contributed by atoms with Crippen molar-refractivity contribution in [2.45, 2.75) is 27.2 Å². The first-order valence-electron chi connectivity index (χ1n) is 9.84. The van der Waals surface area contributed by atoms with Crippen molar-refractivity contribution in [3.05, 3.63) is 0 Å². The second kappa shape index (κ2) is 13.9. The summed E-state index contributed by atoms with van der Waals surface area (Å²) in [6.07, 6.45) is 0.677. The molecule has 0 amide bonds. The predicted octanol–water partition coefficient (Wildman–Crippen LogP) is 1.26. The Labute approximate surface area is 183 Å². The molecule has 0 fully saturated rings. The standard InChI is InChI=1S/C19H35N5O7/c1-8-19(2,3)15(25)30-9-10-31-18-21-16(23(11-26-4)12-27-5)20-17(22-18)24(13-28-6)14-29-7/h8-14H2,1-7H3. The molecule has 12 nitrogen and oxygen atoms in total. The minimum absolute atomic E-state index is 0.0558. The van der Waals surface area contributed by atoms with Gasteiger partial charge in [-0.05, 0) is 20.3 Å². The second-order valence-electron chi connectivity index (χ2n) is 7.19. The highest BCUT2D eigenvalue weighted by atomic mass is 16.6. The van der Waals surface area contributed by atoms with Gasteiger partial charge in [0, 0.05) is 28.4 Å². The molecule has 0 aliphatic carbocycles. The van der Waals surface area contributed by atoms with Crippen molar-refractivity contribution < 1.29 is 33.2 Å². The zero-order chi connectivity index (χ0) is 23.3. The fraction of sp³-hybridized carbons (Fsp3) is 0.789. The Morgan fingerprint density at radius 1 is 0.806 bits per heavy atom. The van der Waals surface area contributed by atoms with E-state index in [0.29, 0.717) is 6.42 Å². The Bertz CT molecular complexity index is 616. The van der Waals surface area contributed by atoms with Crippen molar-refractivity contribution in [1.29, 1.82) is 0 Å². The molecule has 0 saturated heterocycles. The van der Waals surface area contributed by atoms with Crippen molar-refractivity contribution in [1.82, 2.24) is 15.0 Å².